The Kier molecular flexibility index (Phi) is 11.0. The maximum absolute atomic E-state index is 12.1. The van der Waals surface area contributed by atoms with Gasteiger partial charge in [0.25, 0.3) is 0 Å². The summed E-state index contributed by atoms with van der Waals surface area (Å²) in [5.74, 6) is 0.0157. The average Bonchev–Trinajstić information content (AvgIpc) is 2.57. The van der Waals surface area contributed by atoms with Crippen molar-refractivity contribution in [2.24, 2.45) is 0 Å². The van der Waals surface area contributed by atoms with E-state index in [9.17, 15) is 13.5 Å². The molecule has 0 heterocycles. The van der Waals surface area contributed by atoms with Crippen LogP contribution in [0.2, 0.25) is 0 Å². The van der Waals surface area contributed by atoms with E-state index in [1.54, 1.807) is 12.1 Å². The minimum absolute atomic E-state index is 0.172. The van der Waals surface area contributed by atoms with Crippen molar-refractivity contribution in [3.05, 3.63) is 35.9 Å². The van der Waals surface area contributed by atoms with Gasteiger partial charge in [0.2, 0.25) is 0 Å². The lowest BCUT2D eigenvalue weighted by Crippen LogP contribution is -2.17. The van der Waals surface area contributed by atoms with E-state index in [1.807, 2.05) is 18.2 Å². The van der Waals surface area contributed by atoms with Gasteiger partial charge in [-0.3, -0.25) is 0 Å². The highest BCUT2D eigenvalue weighted by Crippen LogP contribution is 2.16. The topological polar surface area (TPSA) is 54.4 Å². The molecule has 1 unspecified atom stereocenters. The van der Waals surface area contributed by atoms with Crippen LogP contribution >= 0.6 is 0 Å². The molecule has 0 fully saturated rings. The monoisotopic (exact) mass is 354 g/mol. The van der Waals surface area contributed by atoms with Gasteiger partial charge in [-0.05, 0) is 12.0 Å². The molecule has 0 bridgehead atoms. The zero-order chi connectivity index (χ0) is 17.7. The number of unbranched alkanes of at least 4 members (excludes halogenated alkanes) is 9. The first-order chi connectivity index (χ1) is 11.5. The number of aliphatic hydroxyl groups is 1. The molecule has 1 aromatic carbocycles. The second-order valence-corrected chi connectivity index (χ2v) is 8.95. The summed E-state index contributed by atoms with van der Waals surface area (Å²) < 4.78 is 24.2. The molecule has 0 saturated heterocycles. The summed E-state index contributed by atoms with van der Waals surface area (Å²) in [7, 11) is -3.19. The van der Waals surface area contributed by atoms with Gasteiger partial charge < -0.3 is 5.11 Å². The van der Waals surface area contributed by atoms with Gasteiger partial charge in [-0.2, -0.15) is 0 Å². The summed E-state index contributed by atoms with van der Waals surface area (Å²) >= 11 is 0. The van der Waals surface area contributed by atoms with Crippen LogP contribution < -0.4 is 0 Å². The number of hydrogen-bond acceptors (Lipinski definition) is 3. The van der Waals surface area contributed by atoms with Crippen LogP contribution in [-0.2, 0) is 9.84 Å². The zero-order valence-corrected chi connectivity index (χ0v) is 15.9. The van der Waals surface area contributed by atoms with Crippen molar-refractivity contribution in [1.29, 1.82) is 0 Å². The maximum atomic E-state index is 12.1. The molecule has 0 saturated carbocycles. The third-order valence-electron chi connectivity index (χ3n) is 4.41. The van der Waals surface area contributed by atoms with Gasteiger partial charge in [-0.15, -0.1) is 0 Å². The van der Waals surface area contributed by atoms with Gasteiger partial charge in [-0.25, -0.2) is 8.42 Å². The van der Waals surface area contributed by atoms with Crippen LogP contribution in [0.25, 0.3) is 0 Å². The van der Waals surface area contributed by atoms with Crippen LogP contribution in [0.15, 0.2) is 30.3 Å². The van der Waals surface area contributed by atoms with E-state index < -0.39 is 15.9 Å². The molecule has 1 rings (SSSR count). The molecule has 0 radical (unpaired) electrons. The molecular weight excluding hydrogens is 320 g/mol. The molecule has 0 aliphatic carbocycles. The molecule has 0 aliphatic rings. The fourth-order valence-corrected chi connectivity index (χ4v) is 4.39. The lowest BCUT2D eigenvalue weighted by atomic mass is 10.1. The van der Waals surface area contributed by atoms with Crippen LogP contribution in [0.3, 0.4) is 0 Å². The highest BCUT2D eigenvalue weighted by molar-refractivity contribution is 7.91. The Bertz CT molecular complexity index is 511. The Morgan fingerprint density at radius 1 is 0.833 bits per heavy atom. The molecule has 24 heavy (non-hydrogen) atoms. The van der Waals surface area contributed by atoms with Gasteiger partial charge in [0.05, 0.1) is 17.6 Å². The van der Waals surface area contributed by atoms with E-state index >= 15 is 0 Å². The summed E-state index contributed by atoms with van der Waals surface area (Å²) in [5, 5.41) is 10.0. The quantitative estimate of drug-likeness (QED) is 0.475. The molecule has 0 aromatic heterocycles. The van der Waals surface area contributed by atoms with E-state index in [0.29, 0.717) is 12.0 Å². The largest absolute Gasteiger partial charge is 0.387 e. The number of hydrogen-bond donors (Lipinski definition) is 1. The van der Waals surface area contributed by atoms with Crippen molar-refractivity contribution in [2.75, 3.05) is 11.5 Å². The highest BCUT2D eigenvalue weighted by Gasteiger charge is 2.18. The Morgan fingerprint density at radius 2 is 1.33 bits per heavy atom. The Hall–Kier alpha value is -0.870. The third kappa shape index (κ3) is 10.1. The highest BCUT2D eigenvalue weighted by atomic mass is 32.2. The number of benzene rings is 1. The molecule has 3 nitrogen and oxygen atoms in total. The first-order valence-electron chi connectivity index (χ1n) is 9.48. The minimum atomic E-state index is -3.19. The molecule has 1 N–H and O–H groups in total. The van der Waals surface area contributed by atoms with Crippen molar-refractivity contribution in [2.45, 2.75) is 77.2 Å². The minimum Gasteiger partial charge on any atom is -0.387 e. The van der Waals surface area contributed by atoms with E-state index in [1.165, 1.54) is 44.9 Å². The van der Waals surface area contributed by atoms with Crippen molar-refractivity contribution >= 4 is 9.84 Å². The molecular formula is C20H34O3S. The average molecular weight is 355 g/mol. The summed E-state index contributed by atoms with van der Waals surface area (Å²) in [5.41, 5.74) is 0.671. The van der Waals surface area contributed by atoms with Crippen LogP contribution in [0.1, 0.15) is 82.8 Å². The standard InChI is InChI=1S/C20H34O3S/c1-2-3-4-5-6-7-8-9-10-14-17-24(22,23)18-20(21)19-15-12-11-13-16-19/h11-13,15-16,20-21H,2-10,14,17-18H2,1H3. The predicted molar refractivity (Wildman–Crippen MR) is 102 cm³/mol. The summed E-state index contributed by atoms with van der Waals surface area (Å²) in [6, 6.07) is 9.01. The van der Waals surface area contributed by atoms with Crippen LogP contribution in [0.5, 0.6) is 0 Å². The van der Waals surface area contributed by atoms with Gasteiger partial charge in [0.15, 0.2) is 9.84 Å². The molecule has 1 atom stereocenters. The molecule has 0 aliphatic heterocycles. The summed E-state index contributed by atoms with van der Waals surface area (Å²) in [4.78, 5) is 0. The fourth-order valence-electron chi connectivity index (χ4n) is 2.90. The first kappa shape index (κ1) is 21.2. The lowest BCUT2D eigenvalue weighted by Gasteiger charge is -2.11. The van der Waals surface area contributed by atoms with Crippen molar-refractivity contribution in [3.8, 4) is 0 Å². The van der Waals surface area contributed by atoms with E-state index in [4.69, 9.17) is 0 Å². The van der Waals surface area contributed by atoms with Crippen molar-refractivity contribution in [3.63, 3.8) is 0 Å². The smallest absolute Gasteiger partial charge is 0.153 e. The van der Waals surface area contributed by atoms with Gasteiger partial charge in [-0.1, -0.05) is 95.0 Å². The van der Waals surface area contributed by atoms with E-state index in [0.717, 1.165) is 12.8 Å². The molecule has 0 spiro atoms. The third-order valence-corrected chi connectivity index (χ3v) is 6.14. The number of rotatable bonds is 14. The van der Waals surface area contributed by atoms with Gasteiger partial charge >= 0.3 is 0 Å². The zero-order valence-electron chi connectivity index (χ0n) is 15.1. The lowest BCUT2D eigenvalue weighted by molar-refractivity contribution is 0.201. The first-order valence-corrected chi connectivity index (χ1v) is 11.3. The van der Waals surface area contributed by atoms with Crippen LogP contribution in [-0.4, -0.2) is 25.0 Å². The predicted octanol–water partition coefficient (Wildman–Crippen LogP) is 5.06. The number of aliphatic hydroxyl groups excluding tert-OH is 1. The Morgan fingerprint density at radius 3 is 1.88 bits per heavy atom. The van der Waals surface area contributed by atoms with E-state index in [-0.39, 0.29) is 11.5 Å². The maximum Gasteiger partial charge on any atom is 0.153 e. The summed E-state index contributed by atoms with van der Waals surface area (Å²) in [6.07, 6.45) is 11.0. The summed E-state index contributed by atoms with van der Waals surface area (Å²) in [6.45, 7) is 2.23. The Balaban J connectivity index is 2.09. The van der Waals surface area contributed by atoms with Crippen molar-refractivity contribution < 1.29 is 13.5 Å². The molecule has 4 heteroatoms. The number of sulfone groups is 1. The molecule has 0 amide bonds. The Labute approximate surface area is 148 Å². The van der Waals surface area contributed by atoms with Gasteiger partial charge in [0.1, 0.15) is 0 Å². The SMILES string of the molecule is CCCCCCCCCCCCS(=O)(=O)CC(O)c1ccccc1. The van der Waals surface area contributed by atoms with Crippen molar-refractivity contribution in [1.82, 2.24) is 0 Å². The van der Waals surface area contributed by atoms with E-state index in [2.05, 4.69) is 6.92 Å². The second-order valence-electron chi connectivity index (χ2n) is 6.72. The molecule has 138 valence electrons. The van der Waals surface area contributed by atoms with Crippen LogP contribution in [0, 0.1) is 0 Å². The van der Waals surface area contributed by atoms with Gasteiger partial charge in [0, 0.05) is 0 Å². The second kappa shape index (κ2) is 12.5. The normalized spacial score (nSPS) is 13.1. The fraction of sp³-hybridized carbons (Fsp3) is 0.700. The molecule has 1 aromatic rings. The van der Waals surface area contributed by atoms with Crippen LogP contribution in [0.4, 0.5) is 0 Å².